The molecule has 23 heavy (non-hydrogen) atoms. The number of pyridine rings is 1. The molecule has 2 aromatic heterocycles. The van der Waals surface area contributed by atoms with E-state index in [0.717, 1.165) is 24.2 Å². The van der Waals surface area contributed by atoms with Crippen LogP contribution >= 0.6 is 0 Å². The number of aryl methyl sites for hydroxylation is 1. The molecular weight excluding hydrogens is 288 g/mol. The van der Waals surface area contributed by atoms with Gasteiger partial charge in [-0.25, -0.2) is 0 Å². The van der Waals surface area contributed by atoms with Crippen LogP contribution in [0.25, 0.3) is 0 Å². The minimum atomic E-state index is 0.0770. The molecule has 3 rings (SSSR count). The number of rotatable bonds is 4. The fourth-order valence-electron chi connectivity index (χ4n) is 3.29. The van der Waals surface area contributed by atoms with Crippen LogP contribution in [0.1, 0.15) is 53.8 Å². The average Bonchev–Trinajstić information content (AvgIpc) is 2.93. The Morgan fingerprint density at radius 1 is 1.30 bits per heavy atom. The number of hydrogen-bond donors (Lipinski definition) is 0. The Hall–Kier alpha value is -2.17. The SMILES string of the molecule is Cc1c(C(=O)N(Cc2ccccn2)C2CCCCC2)cnn1C. The molecule has 1 aliphatic rings. The largest absolute Gasteiger partial charge is 0.330 e. The van der Waals surface area contributed by atoms with Gasteiger partial charge in [-0.2, -0.15) is 5.10 Å². The monoisotopic (exact) mass is 312 g/mol. The number of amides is 1. The van der Waals surface area contributed by atoms with Crippen LogP contribution in [0, 0.1) is 6.92 Å². The van der Waals surface area contributed by atoms with Gasteiger partial charge in [0.2, 0.25) is 0 Å². The van der Waals surface area contributed by atoms with Crippen molar-refractivity contribution in [3.8, 4) is 0 Å². The van der Waals surface area contributed by atoms with E-state index in [1.165, 1.54) is 19.3 Å². The van der Waals surface area contributed by atoms with Crippen molar-refractivity contribution in [2.45, 2.75) is 51.6 Å². The fourth-order valence-corrected chi connectivity index (χ4v) is 3.29. The van der Waals surface area contributed by atoms with E-state index in [9.17, 15) is 4.79 Å². The lowest BCUT2D eigenvalue weighted by Gasteiger charge is -2.34. The Labute approximate surface area is 137 Å². The Kier molecular flexibility index (Phi) is 4.74. The second kappa shape index (κ2) is 6.94. The van der Waals surface area contributed by atoms with E-state index in [0.29, 0.717) is 18.2 Å². The molecule has 0 radical (unpaired) electrons. The van der Waals surface area contributed by atoms with E-state index in [1.807, 2.05) is 37.1 Å². The maximum Gasteiger partial charge on any atom is 0.257 e. The summed E-state index contributed by atoms with van der Waals surface area (Å²) in [5, 5.41) is 4.23. The summed E-state index contributed by atoms with van der Waals surface area (Å²) in [7, 11) is 1.87. The predicted molar refractivity (Wildman–Crippen MR) is 88.9 cm³/mol. The Bertz CT molecular complexity index is 659. The molecule has 5 nitrogen and oxygen atoms in total. The van der Waals surface area contributed by atoms with Gasteiger partial charge in [-0.1, -0.05) is 25.3 Å². The van der Waals surface area contributed by atoms with Gasteiger partial charge in [0, 0.05) is 25.0 Å². The maximum absolute atomic E-state index is 13.1. The van der Waals surface area contributed by atoms with Crippen LogP contribution in [0.4, 0.5) is 0 Å². The molecule has 2 aromatic rings. The van der Waals surface area contributed by atoms with Crippen molar-refractivity contribution in [2.24, 2.45) is 7.05 Å². The highest BCUT2D eigenvalue weighted by atomic mass is 16.2. The maximum atomic E-state index is 13.1. The molecule has 0 aliphatic heterocycles. The van der Waals surface area contributed by atoms with E-state index in [-0.39, 0.29) is 5.91 Å². The van der Waals surface area contributed by atoms with Gasteiger partial charge in [0.05, 0.1) is 24.0 Å². The zero-order valence-corrected chi connectivity index (χ0v) is 13.9. The molecule has 2 heterocycles. The van der Waals surface area contributed by atoms with Crippen LogP contribution in [-0.4, -0.2) is 31.6 Å². The zero-order valence-electron chi connectivity index (χ0n) is 13.9. The molecule has 5 heteroatoms. The van der Waals surface area contributed by atoms with E-state index in [4.69, 9.17) is 0 Å². The molecule has 122 valence electrons. The Morgan fingerprint density at radius 2 is 2.09 bits per heavy atom. The van der Waals surface area contributed by atoms with Gasteiger partial charge in [-0.3, -0.25) is 14.5 Å². The van der Waals surface area contributed by atoms with E-state index in [2.05, 4.69) is 10.1 Å². The van der Waals surface area contributed by atoms with Gasteiger partial charge in [-0.15, -0.1) is 0 Å². The lowest BCUT2D eigenvalue weighted by molar-refractivity contribution is 0.0610. The first-order valence-electron chi connectivity index (χ1n) is 8.36. The molecule has 1 saturated carbocycles. The molecule has 0 N–H and O–H groups in total. The summed E-state index contributed by atoms with van der Waals surface area (Å²) < 4.78 is 1.76. The summed E-state index contributed by atoms with van der Waals surface area (Å²) in [5.74, 6) is 0.0770. The highest BCUT2D eigenvalue weighted by Crippen LogP contribution is 2.26. The third kappa shape index (κ3) is 3.44. The number of nitrogens with zero attached hydrogens (tertiary/aromatic N) is 4. The average molecular weight is 312 g/mol. The number of hydrogen-bond acceptors (Lipinski definition) is 3. The van der Waals surface area contributed by atoms with Crippen LogP contribution in [0.15, 0.2) is 30.6 Å². The first-order valence-corrected chi connectivity index (χ1v) is 8.36. The molecule has 0 bridgehead atoms. The van der Waals surface area contributed by atoms with Gasteiger partial charge in [-0.05, 0) is 31.9 Å². The highest BCUT2D eigenvalue weighted by Gasteiger charge is 2.28. The van der Waals surface area contributed by atoms with Crippen molar-refractivity contribution >= 4 is 5.91 Å². The topological polar surface area (TPSA) is 51.0 Å². The minimum absolute atomic E-state index is 0.0770. The third-order valence-corrected chi connectivity index (χ3v) is 4.80. The molecule has 0 unspecified atom stereocenters. The van der Waals surface area contributed by atoms with E-state index < -0.39 is 0 Å². The summed E-state index contributed by atoms with van der Waals surface area (Å²) in [4.78, 5) is 19.5. The van der Waals surface area contributed by atoms with Crippen molar-refractivity contribution in [3.63, 3.8) is 0 Å². The van der Waals surface area contributed by atoms with Crippen molar-refractivity contribution < 1.29 is 4.79 Å². The van der Waals surface area contributed by atoms with Crippen LogP contribution in [-0.2, 0) is 13.6 Å². The number of aromatic nitrogens is 3. The molecule has 0 atom stereocenters. The van der Waals surface area contributed by atoms with Gasteiger partial charge in [0.1, 0.15) is 0 Å². The molecule has 0 spiro atoms. The lowest BCUT2D eigenvalue weighted by atomic mass is 9.93. The molecule has 1 amide bonds. The zero-order chi connectivity index (χ0) is 16.2. The summed E-state index contributed by atoms with van der Waals surface area (Å²) in [6.45, 7) is 2.51. The molecule has 0 aromatic carbocycles. The first-order chi connectivity index (χ1) is 11.2. The van der Waals surface area contributed by atoms with Gasteiger partial charge >= 0.3 is 0 Å². The van der Waals surface area contributed by atoms with Crippen molar-refractivity contribution in [1.82, 2.24) is 19.7 Å². The second-order valence-electron chi connectivity index (χ2n) is 6.31. The van der Waals surface area contributed by atoms with Crippen molar-refractivity contribution in [3.05, 3.63) is 47.5 Å². The van der Waals surface area contributed by atoms with Crippen LogP contribution in [0.5, 0.6) is 0 Å². The van der Waals surface area contributed by atoms with Crippen LogP contribution in [0.3, 0.4) is 0 Å². The van der Waals surface area contributed by atoms with Gasteiger partial charge in [0.25, 0.3) is 5.91 Å². The Morgan fingerprint density at radius 3 is 2.70 bits per heavy atom. The molecule has 0 saturated heterocycles. The van der Waals surface area contributed by atoms with Crippen molar-refractivity contribution in [2.75, 3.05) is 0 Å². The molecule has 1 aliphatic carbocycles. The highest BCUT2D eigenvalue weighted by molar-refractivity contribution is 5.95. The molecule has 1 fully saturated rings. The number of carbonyl (C=O) groups is 1. The standard InChI is InChI=1S/C18H24N4O/c1-14-17(12-20-21(14)2)18(23)22(16-9-4-3-5-10-16)13-15-8-6-7-11-19-15/h6-8,11-12,16H,3-5,9-10,13H2,1-2H3. The normalized spacial score (nSPS) is 15.6. The smallest absolute Gasteiger partial charge is 0.257 e. The van der Waals surface area contributed by atoms with E-state index in [1.54, 1.807) is 17.1 Å². The predicted octanol–water partition coefficient (Wildman–Crippen LogP) is 3.10. The lowest BCUT2D eigenvalue weighted by Crippen LogP contribution is -2.41. The quantitative estimate of drug-likeness (QED) is 0.871. The van der Waals surface area contributed by atoms with Crippen LogP contribution in [0.2, 0.25) is 0 Å². The Balaban J connectivity index is 1.87. The number of carbonyl (C=O) groups excluding carboxylic acids is 1. The fraction of sp³-hybridized carbons (Fsp3) is 0.500. The minimum Gasteiger partial charge on any atom is -0.330 e. The first kappa shape index (κ1) is 15.7. The molecular formula is C18H24N4O. The van der Waals surface area contributed by atoms with Crippen LogP contribution < -0.4 is 0 Å². The summed E-state index contributed by atoms with van der Waals surface area (Å²) >= 11 is 0. The third-order valence-electron chi connectivity index (χ3n) is 4.80. The summed E-state index contributed by atoms with van der Waals surface area (Å²) in [6, 6.07) is 6.17. The summed E-state index contributed by atoms with van der Waals surface area (Å²) in [6.07, 6.45) is 9.30. The van der Waals surface area contributed by atoms with Gasteiger partial charge < -0.3 is 4.90 Å². The van der Waals surface area contributed by atoms with E-state index >= 15 is 0 Å². The summed E-state index contributed by atoms with van der Waals surface area (Å²) in [5.41, 5.74) is 2.55. The van der Waals surface area contributed by atoms with Crippen molar-refractivity contribution in [1.29, 1.82) is 0 Å². The second-order valence-corrected chi connectivity index (χ2v) is 6.31. The van der Waals surface area contributed by atoms with Gasteiger partial charge in [0.15, 0.2) is 0 Å².